The van der Waals surface area contributed by atoms with Crippen molar-refractivity contribution in [3.05, 3.63) is 89.0 Å². The molecule has 0 fully saturated rings. The molecule has 0 radical (unpaired) electrons. The number of halogens is 3. The minimum Gasteiger partial charge on any atom is -0.489 e. The van der Waals surface area contributed by atoms with Gasteiger partial charge in [0.15, 0.2) is 0 Å². The summed E-state index contributed by atoms with van der Waals surface area (Å²) in [6.07, 6.45) is -4.56. The molecule has 1 amide bonds. The molecule has 0 saturated heterocycles. The van der Waals surface area contributed by atoms with Crippen molar-refractivity contribution in [3.63, 3.8) is 0 Å². The average molecular weight is 455 g/mol. The van der Waals surface area contributed by atoms with E-state index in [1.165, 1.54) is 17.0 Å². The van der Waals surface area contributed by atoms with Crippen LogP contribution in [0.4, 0.5) is 13.2 Å². The van der Waals surface area contributed by atoms with Crippen LogP contribution in [0.5, 0.6) is 5.75 Å². The molecule has 3 aromatic rings. The van der Waals surface area contributed by atoms with Crippen LogP contribution < -0.4 is 4.74 Å². The van der Waals surface area contributed by atoms with Crippen LogP contribution >= 0.6 is 0 Å². The van der Waals surface area contributed by atoms with Crippen molar-refractivity contribution in [1.29, 1.82) is 0 Å². The number of rotatable bonds is 6. The Morgan fingerprint density at radius 2 is 1.76 bits per heavy atom. The highest BCUT2D eigenvalue weighted by Gasteiger charge is 2.35. The summed E-state index contributed by atoms with van der Waals surface area (Å²) in [7, 11) is 1.57. The van der Waals surface area contributed by atoms with E-state index in [1.54, 1.807) is 37.4 Å². The summed E-state index contributed by atoms with van der Waals surface area (Å²) in [6.45, 7) is 0.190. The third kappa shape index (κ3) is 4.69. The summed E-state index contributed by atoms with van der Waals surface area (Å²) < 4.78 is 44.2. The predicted octanol–water partition coefficient (Wildman–Crippen LogP) is 5.55. The lowest BCUT2D eigenvalue weighted by Gasteiger charge is -2.18. The van der Waals surface area contributed by atoms with Gasteiger partial charge in [-0.05, 0) is 52.6 Å². The Balaban J connectivity index is 1.48. The van der Waals surface area contributed by atoms with Gasteiger partial charge in [-0.15, -0.1) is 0 Å². The Labute approximate surface area is 188 Å². The number of carboxylic acids is 1. The molecule has 170 valence electrons. The summed E-state index contributed by atoms with van der Waals surface area (Å²) in [5.74, 6) is -0.779. The van der Waals surface area contributed by atoms with Crippen LogP contribution in [0.25, 0.3) is 11.1 Å². The average Bonchev–Trinajstić information content (AvgIpc) is 3.01. The first kappa shape index (κ1) is 22.4. The van der Waals surface area contributed by atoms with Crippen molar-refractivity contribution in [2.45, 2.75) is 25.2 Å². The molecule has 1 unspecified atom stereocenters. The predicted molar refractivity (Wildman–Crippen MR) is 115 cm³/mol. The maximum Gasteiger partial charge on any atom is 0.416 e. The van der Waals surface area contributed by atoms with Gasteiger partial charge >= 0.3 is 12.1 Å². The number of amides is 1. The van der Waals surface area contributed by atoms with Crippen LogP contribution in [0.1, 0.15) is 39.5 Å². The number of carbonyl (C=O) groups excluding carboxylic acids is 1. The van der Waals surface area contributed by atoms with Crippen LogP contribution in [0.15, 0.2) is 66.7 Å². The highest BCUT2D eigenvalue weighted by atomic mass is 19.4. The first-order valence-corrected chi connectivity index (χ1v) is 10.2. The molecule has 0 bridgehead atoms. The van der Waals surface area contributed by atoms with Gasteiger partial charge < -0.3 is 14.7 Å². The van der Waals surface area contributed by atoms with E-state index in [1.807, 2.05) is 12.1 Å². The molecule has 0 aliphatic carbocycles. The van der Waals surface area contributed by atoms with E-state index in [0.717, 1.165) is 23.3 Å². The zero-order chi connectivity index (χ0) is 23.8. The lowest BCUT2D eigenvalue weighted by atomic mass is 10.0. The van der Waals surface area contributed by atoms with E-state index in [-0.39, 0.29) is 18.9 Å². The zero-order valence-corrected chi connectivity index (χ0v) is 17.6. The monoisotopic (exact) mass is 455 g/mol. The van der Waals surface area contributed by atoms with Crippen LogP contribution in [-0.4, -0.2) is 28.9 Å². The Kier molecular flexibility index (Phi) is 5.84. The first-order chi connectivity index (χ1) is 15.6. The van der Waals surface area contributed by atoms with Gasteiger partial charge in [0, 0.05) is 12.6 Å². The fraction of sp³-hybridized carbons (Fsp3) is 0.200. The molecule has 1 aliphatic rings. The summed E-state index contributed by atoms with van der Waals surface area (Å²) in [5.41, 5.74) is 2.59. The molecule has 0 aromatic heterocycles. The van der Waals surface area contributed by atoms with Gasteiger partial charge in [-0.3, -0.25) is 9.59 Å². The van der Waals surface area contributed by atoms with E-state index in [4.69, 9.17) is 9.84 Å². The van der Waals surface area contributed by atoms with E-state index in [0.29, 0.717) is 22.4 Å². The molecule has 3 aromatic carbocycles. The fourth-order valence-corrected chi connectivity index (χ4v) is 3.91. The topological polar surface area (TPSA) is 66.8 Å². The second-order valence-electron chi connectivity index (χ2n) is 7.84. The van der Waals surface area contributed by atoms with E-state index >= 15 is 0 Å². The normalized spacial score (nSPS) is 15.5. The molecule has 1 heterocycles. The minimum absolute atomic E-state index is 0.174. The Morgan fingerprint density at radius 1 is 1.03 bits per heavy atom. The molecule has 5 nitrogen and oxygen atoms in total. The molecular formula is C25H20F3NO4. The molecule has 8 heteroatoms. The van der Waals surface area contributed by atoms with E-state index in [2.05, 4.69) is 0 Å². The Hall–Kier alpha value is -3.81. The van der Waals surface area contributed by atoms with Crippen molar-refractivity contribution in [1.82, 2.24) is 4.90 Å². The van der Waals surface area contributed by atoms with Crippen molar-refractivity contribution in [2.75, 3.05) is 7.05 Å². The molecule has 33 heavy (non-hydrogen) atoms. The van der Waals surface area contributed by atoms with E-state index < -0.39 is 23.8 Å². The van der Waals surface area contributed by atoms with Gasteiger partial charge in [0.2, 0.25) is 0 Å². The summed E-state index contributed by atoms with van der Waals surface area (Å²) in [4.78, 5) is 25.0. The van der Waals surface area contributed by atoms with Crippen LogP contribution in [-0.2, 0) is 17.6 Å². The van der Waals surface area contributed by atoms with Gasteiger partial charge in [-0.25, -0.2) is 0 Å². The molecule has 1 aliphatic heterocycles. The second-order valence-corrected chi connectivity index (χ2v) is 7.84. The van der Waals surface area contributed by atoms with Crippen molar-refractivity contribution >= 4 is 11.9 Å². The van der Waals surface area contributed by atoms with Crippen LogP contribution in [0, 0.1) is 0 Å². The molecule has 0 saturated carbocycles. The van der Waals surface area contributed by atoms with Crippen LogP contribution in [0.3, 0.4) is 0 Å². The maximum absolute atomic E-state index is 12.8. The number of alkyl halides is 3. The number of aliphatic carboxylic acids is 1. The molecular weight excluding hydrogens is 435 g/mol. The number of benzene rings is 3. The third-order valence-electron chi connectivity index (χ3n) is 5.65. The van der Waals surface area contributed by atoms with Crippen molar-refractivity contribution in [2.24, 2.45) is 0 Å². The number of hydrogen-bond acceptors (Lipinski definition) is 3. The largest absolute Gasteiger partial charge is 0.489 e. The molecule has 0 spiro atoms. The summed E-state index contributed by atoms with van der Waals surface area (Å²) in [5, 5.41) is 9.11. The number of carboxylic acid groups (broad SMARTS) is 1. The van der Waals surface area contributed by atoms with Gasteiger partial charge in [-0.2, -0.15) is 13.2 Å². The summed E-state index contributed by atoms with van der Waals surface area (Å²) in [6, 6.07) is 16.7. The zero-order valence-electron chi connectivity index (χ0n) is 17.6. The van der Waals surface area contributed by atoms with Gasteiger partial charge in [0.05, 0.1) is 18.0 Å². The smallest absolute Gasteiger partial charge is 0.416 e. The standard InChI is InChI=1S/C25H20F3NO4/c1-29-22(13-23(30)31)20-10-9-19(12-21(20)24(29)32)33-14-15-3-2-4-17(11-15)16-5-7-18(8-6-16)25(26,27)28/h2-12,22H,13-14H2,1H3,(H,30,31). The Bertz CT molecular complexity index is 1210. The quantitative estimate of drug-likeness (QED) is 0.529. The van der Waals surface area contributed by atoms with Crippen molar-refractivity contribution in [3.8, 4) is 16.9 Å². The number of nitrogens with zero attached hydrogens (tertiary/aromatic N) is 1. The third-order valence-corrected chi connectivity index (χ3v) is 5.65. The fourth-order valence-electron chi connectivity index (χ4n) is 3.91. The lowest BCUT2D eigenvalue weighted by molar-refractivity contribution is -0.138. The number of ether oxygens (including phenoxy) is 1. The second kappa shape index (κ2) is 8.61. The minimum atomic E-state index is -4.38. The molecule has 1 N–H and O–H groups in total. The molecule has 4 rings (SSSR count). The lowest BCUT2D eigenvalue weighted by Crippen LogP contribution is -2.24. The summed E-state index contributed by atoms with van der Waals surface area (Å²) >= 11 is 0. The molecule has 1 atom stereocenters. The number of fused-ring (bicyclic) bond motifs is 1. The highest BCUT2D eigenvalue weighted by molar-refractivity contribution is 5.99. The van der Waals surface area contributed by atoms with Crippen LogP contribution in [0.2, 0.25) is 0 Å². The number of hydrogen-bond donors (Lipinski definition) is 1. The van der Waals surface area contributed by atoms with Gasteiger partial charge in [-0.1, -0.05) is 36.4 Å². The van der Waals surface area contributed by atoms with Crippen molar-refractivity contribution < 1.29 is 32.6 Å². The van der Waals surface area contributed by atoms with Gasteiger partial charge in [0.1, 0.15) is 12.4 Å². The maximum atomic E-state index is 12.8. The number of carbonyl (C=O) groups is 2. The Morgan fingerprint density at radius 3 is 2.42 bits per heavy atom. The van der Waals surface area contributed by atoms with Gasteiger partial charge in [0.25, 0.3) is 5.91 Å². The first-order valence-electron chi connectivity index (χ1n) is 10.2. The SMILES string of the molecule is CN1C(=O)c2cc(OCc3cccc(-c4ccc(C(F)(F)F)cc4)c3)ccc2C1CC(=O)O. The van der Waals surface area contributed by atoms with E-state index in [9.17, 15) is 22.8 Å². The highest BCUT2D eigenvalue weighted by Crippen LogP contribution is 2.37.